The smallest absolute Gasteiger partial charge is 0.329 e. The van der Waals surface area contributed by atoms with Crippen molar-refractivity contribution in [1.82, 2.24) is 10.2 Å². The van der Waals surface area contributed by atoms with Crippen LogP contribution in [-0.2, 0) is 16.2 Å². The minimum Gasteiger partial charge on any atom is -0.489 e. The molecular weight excluding hydrogens is 444 g/mol. The molecule has 8 nitrogen and oxygen atoms in total. The number of benzene rings is 3. The Morgan fingerprint density at radius 3 is 2.60 bits per heavy atom. The van der Waals surface area contributed by atoms with Crippen molar-refractivity contribution in [3.05, 3.63) is 101 Å². The van der Waals surface area contributed by atoms with Crippen LogP contribution >= 0.6 is 0 Å². The summed E-state index contributed by atoms with van der Waals surface area (Å²) in [6.45, 7) is 1.75. The maximum absolute atomic E-state index is 12.7. The van der Waals surface area contributed by atoms with E-state index in [1.54, 1.807) is 54.6 Å². The van der Waals surface area contributed by atoms with Crippen LogP contribution in [0.4, 0.5) is 10.5 Å². The van der Waals surface area contributed by atoms with Gasteiger partial charge in [-0.05, 0) is 54.5 Å². The van der Waals surface area contributed by atoms with E-state index in [4.69, 9.17) is 4.74 Å². The summed E-state index contributed by atoms with van der Waals surface area (Å²) in [5, 5.41) is 14.4. The first-order valence-corrected chi connectivity index (χ1v) is 10.8. The molecule has 4 amide bonds. The van der Waals surface area contributed by atoms with Gasteiger partial charge in [-0.15, -0.1) is 0 Å². The Morgan fingerprint density at radius 2 is 1.86 bits per heavy atom. The second-order valence-corrected chi connectivity index (χ2v) is 7.92. The first kappa shape index (κ1) is 23.3. The second-order valence-electron chi connectivity index (χ2n) is 7.92. The molecule has 2 N–H and O–H groups in total. The molecule has 3 aromatic carbocycles. The lowest BCUT2D eigenvalue weighted by Gasteiger charge is -2.12. The van der Waals surface area contributed by atoms with Crippen molar-refractivity contribution in [2.24, 2.45) is 0 Å². The molecule has 0 radical (unpaired) electrons. The van der Waals surface area contributed by atoms with Crippen molar-refractivity contribution in [3.63, 3.8) is 0 Å². The van der Waals surface area contributed by atoms with Crippen LogP contribution in [-0.4, -0.2) is 29.3 Å². The largest absolute Gasteiger partial charge is 0.489 e. The number of nitrogens with one attached hydrogen (secondary N) is 2. The molecule has 35 heavy (non-hydrogen) atoms. The molecule has 0 atom stereocenters. The highest BCUT2D eigenvalue weighted by atomic mass is 16.5. The number of urea groups is 1. The van der Waals surface area contributed by atoms with E-state index in [2.05, 4.69) is 16.7 Å². The van der Waals surface area contributed by atoms with Crippen LogP contribution in [0.2, 0.25) is 0 Å². The van der Waals surface area contributed by atoms with Crippen molar-refractivity contribution in [2.45, 2.75) is 13.5 Å². The van der Waals surface area contributed by atoms with Gasteiger partial charge >= 0.3 is 6.03 Å². The summed E-state index contributed by atoms with van der Waals surface area (Å²) < 4.78 is 5.75. The summed E-state index contributed by atoms with van der Waals surface area (Å²) >= 11 is 0. The standard InChI is InChI=1S/C27H22N4O4/c1-18-5-4-8-22(13-18)29-25(32)16-31-26(33)24(30-27(31)34)14-19-9-11-23(12-10-19)35-17-21-7-3-2-6-20(21)15-28/h2-14H,16-17H2,1H3,(H,29,32)(H,30,34)/b24-14+. The van der Waals surface area contributed by atoms with Gasteiger partial charge in [0.1, 0.15) is 24.6 Å². The van der Waals surface area contributed by atoms with Crippen molar-refractivity contribution in [3.8, 4) is 11.8 Å². The fraction of sp³-hybridized carbons (Fsp3) is 0.111. The zero-order chi connectivity index (χ0) is 24.8. The molecule has 1 aliphatic rings. The van der Waals surface area contributed by atoms with Gasteiger partial charge < -0.3 is 15.4 Å². The summed E-state index contributed by atoms with van der Waals surface area (Å²) in [5.74, 6) is -0.459. The molecule has 0 spiro atoms. The van der Waals surface area contributed by atoms with E-state index in [0.717, 1.165) is 16.0 Å². The normalized spacial score (nSPS) is 13.9. The van der Waals surface area contributed by atoms with Gasteiger partial charge in [0.2, 0.25) is 5.91 Å². The number of nitrogens with zero attached hydrogens (tertiary/aromatic N) is 2. The predicted molar refractivity (Wildman–Crippen MR) is 130 cm³/mol. The predicted octanol–water partition coefficient (Wildman–Crippen LogP) is 3.98. The van der Waals surface area contributed by atoms with Gasteiger partial charge in [-0.3, -0.25) is 9.59 Å². The van der Waals surface area contributed by atoms with Gasteiger partial charge in [0.25, 0.3) is 5.91 Å². The van der Waals surface area contributed by atoms with E-state index in [9.17, 15) is 19.6 Å². The van der Waals surface area contributed by atoms with E-state index in [0.29, 0.717) is 22.6 Å². The maximum atomic E-state index is 12.7. The van der Waals surface area contributed by atoms with Crippen molar-refractivity contribution in [1.29, 1.82) is 5.26 Å². The van der Waals surface area contributed by atoms with Gasteiger partial charge in [-0.25, -0.2) is 9.69 Å². The Labute approximate surface area is 202 Å². The zero-order valence-corrected chi connectivity index (χ0v) is 18.9. The van der Waals surface area contributed by atoms with Crippen LogP contribution in [0.5, 0.6) is 5.75 Å². The number of amides is 4. The summed E-state index contributed by atoms with van der Waals surface area (Å²) in [4.78, 5) is 38.2. The molecule has 1 saturated heterocycles. The van der Waals surface area contributed by atoms with Gasteiger partial charge in [0.05, 0.1) is 11.6 Å². The summed E-state index contributed by atoms with van der Waals surface area (Å²) in [6.07, 6.45) is 1.54. The number of carbonyl (C=O) groups excluding carboxylic acids is 3. The van der Waals surface area contributed by atoms with Crippen LogP contribution in [0.3, 0.4) is 0 Å². The first-order valence-electron chi connectivity index (χ1n) is 10.8. The molecule has 3 aromatic rings. The summed E-state index contributed by atoms with van der Waals surface area (Å²) in [5.41, 5.74) is 3.66. The molecule has 0 unspecified atom stereocenters. The van der Waals surface area contributed by atoms with Crippen LogP contribution in [0, 0.1) is 18.3 Å². The number of imide groups is 1. The Balaban J connectivity index is 1.37. The lowest BCUT2D eigenvalue weighted by atomic mass is 10.1. The molecule has 1 aliphatic heterocycles. The third-order valence-electron chi connectivity index (χ3n) is 5.29. The Hall–Kier alpha value is -4.90. The average Bonchev–Trinajstić information content (AvgIpc) is 3.11. The van der Waals surface area contributed by atoms with E-state index in [1.165, 1.54) is 6.08 Å². The van der Waals surface area contributed by atoms with E-state index < -0.39 is 24.4 Å². The van der Waals surface area contributed by atoms with Crippen LogP contribution in [0.15, 0.2) is 78.5 Å². The first-order chi connectivity index (χ1) is 16.9. The molecule has 0 bridgehead atoms. The molecule has 174 valence electrons. The molecule has 1 fully saturated rings. The number of nitriles is 1. The fourth-order valence-electron chi connectivity index (χ4n) is 3.53. The maximum Gasteiger partial charge on any atom is 0.329 e. The second kappa shape index (κ2) is 10.4. The van der Waals surface area contributed by atoms with E-state index in [1.807, 2.05) is 25.1 Å². The summed E-state index contributed by atoms with van der Waals surface area (Å²) in [6, 6.07) is 22.9. The molecule has 0 aliphatic carbocycles. The van der Waals surface area contributed by atoms with Crippen molar-refractivity contribution in [2.75, 3.05) is 11.9 Å². The van der Waals surface area contributed by atoms with Gasteiger partial charge in [-0.1, -0.05) is 42.5 Å². The van der Waals surface area contributed by atoms with Crippen LogP contribution in [0.1, 0.15) is 22.3 Å². The van der Waals surface area contributed by atoms with Crippen molar-refractivity contribution < 1.29 is 19.1 Å². The molecule has 1 heterocycles. The van der Waals surface area contributed by atoms with Gasteiger partial charge in [0, 0.05) is 11.3 Å². The number of hydrogen-bond donors (Lipinski definition) is 2. The third-order valence-corrected chi connectivity index (χ3v) is 5.29. The third kappa shape index (κ3) is 5.72. The number of carbonyl (C=O) groups is 3. The Kier molecular flexibility index (Phi) is 6.88. The van der Waals surface area contributed by atoms with E-state index >= 15 is 0 Å². The lowest BCUT2D eigenvalue weighted by molar-refractivity contribution is -0.127. The molecule has 0 saturated carbocycles. The topological polar surface area (TPSA) is 112 Å². The lowest BCUT2D eigenvalue weighted by Crippen LogP contribution is -2.38. The Bertz CT molecular complexity index is 1360. The molecular formula is C27H22N4O4. The van der Waals surface area contributed by atoms with E-state index in [-0.39, 0.29) is 12.3 Å². The van der Waals surface area contributed by atoms with Gasteiger partial charge in [0.15, 0.2) is 0 Å². The highest BCUT2D eigenvalue weighted by Gasteiger charge is 2.34. The minimum absolute atomic E-state index is 0.0787. The monoisotopic (exact) mass is 466 g/mol. The fourth-order valence-corrected chi connectivity index (χ4v) is 3.53. The van der Waals surface area contributed by atoms with Gasteiger partial charge in [-0.2, -0.15) is 5.26 Å². The number of aryl methyl sites for hydroxylation is 1. The van der Waals surface area contributed by atoms with Crippen LogP contribution < -0.4 is 15.4 Å². The zero-order valence-electron chi connectivity index (χ0n) is 18.9. The number of ether oxygens (including phenoxy) is 1. The molecule has 4 rings (SSSR count). The number of hydrogen-bond acceptors (Lipinski definition) is 5. The highest BCUT2D eigenvalue weighted by Crippen LogP contribution is 2.19. The average molecular weight is 466 g/mol. The number of rotatable bonds is 7. The van der Waals surface area contributed by atoms with Crippen LogP contribution in [0.25, 0.3) is 6.08 Å². The molecule has 8 heteroatoms. The minimum atomic E-state index is -0.656. The molecule has 0 aromatic heterocycles. The highest BCUT2D eigenvalue weighted by molar-refractivity contribution is 6.15. The quantitative estimate of drug-likeness (QED) is 0.404. The Morgan fingerprint density at radius 1 is 1.09 bits per heavy atom. The number of anilines is 1. The summed E-state index contributed by atoms with van der Waals surface area (Å²) in [7, 11) is 0. The van der Waals surface area contributed by atoms with Crippen molar-refractivity contribution >= 4 is 29.6 Å². The SMILES string of the molecule is Cc1cccc(NC(=O)CN2C(=O)N/C(=C/c3ccc(OCc4ccccc4C#N)cc3)C2=O)c1.